The minimum atomic E-state index is -4.33. The SMILES string of the molecule is Cc1nn(C2CCC(=O)NC2O)c2ccc(N3CCC(CC[N+](=O)c4ccc5c(F)c(N6CC(=O)NS6(=O)=O)c(O)cc5c4)CC3)cc12. The van der Waals surface area contributed by atoms with Crippen LogP contribution in [0.5, 0.6) is 5.75 Å². The summed E-state index contributed by atoms with van der Waals surface area (Å²) in [4.78, 5) is 38.7. The number of aromatic nitrogens is 2. The topological polar surface area (TPSA) is 177 Å². The number of hydrogen-bond donors (Lipinski definition) is 4. The van der Waals surface area contributed by atoms with Gasteiger partial charge >= 0.3 is 10.2 Å². The fourth-order valence-corrected chi connectivity index (χ4v) is 8.19. The van der Waals surface area contributed by atoms with Gasteiger partial charge in [0.15, 0.2) is 12.4 Å². The molecule has 16 heteroatoms. The minimum Gasteiger partial charge on any atom is -0.506 e. The number of anilines is 2. The lowest BCUT2D eigenvalue weighted by Gasteiger charge is -2.33. The molecule has 48 heavy (non-hydrogen) atoms. The number of amides is 2. The van der Waals surface area contributed by atoms with Crippen molar-refractivity contribution in [1.29, 1.82) is 0 Å². The Balaban J connectivity index is 0.979. The number of benzene rings is 3. The number of rotatable bonds is 7. The number of aromatic hydroxyl groups is 1. The molecular weight excluding hydrogens is 645 g/mol. The molecule has 3 aliphatic rings. The summed E-state index contributed by atoms with van der Waals surface area (Å²) in [6.45, 7) is 3.14. The van der Waals surface area contributed by atoms with Crippen molar-refractivity contribution in [3.8, 4) is 5.75 Å². The van der Waals surface area contributed by atoms with E-state index in [0.29, 0.717) is 29.5 Å². The lowest BCUT2D eigenvalue weighted by molar-refractivity contribution is -0.464. The van der Waals surface area contributed by atoms with Crippen molar-refractivity contribution in [2.45, 2.75) is 51.3 Å². The van der Waals surface area contributed by atoms with E-state index in [-0.39, 0.29) is 35.0 Å². The first kappa shape index (κ1) is 31.8. The van der Waals surface area contributed by atoms with Crippen molar-refractivity contribution in [2.24, 2.45) is 5.92 Å². The highest BCUT2D eigenvalue weighted by atomic mass is 32.2. The average molecular weight is 681 g/mol. The Morgan fingerprint density at radius 2 is 1.81 bits per heavy atom. The Kier molecular flexibility index (Phi) is 7.94. The van der Waals surface area contributed by atoms with Crippen LogP contribution in [-0.2, 0) is 19.8 Å². The molecule has 3 saturated heterocycles. The molecule has 7 rings (SSSR count). The number of aryl methyl sites for hydroxylation is 1. The van der Waals surface area contributed by atoms with Crippen LogP contribution in [0.1, 0.15) is 43.8 Å². The van der Waals surface area contributed by atoms with Gasteiger partial charge in [-0.25, -0.2) is 13.4 Å². The van der Waals surface area contributed by atoms with E-state index in [1.165, 1.54) is 24.3 Å². The average Bonchev–Trinajstić information content (AvgIpc) is 3.52. The van der Waals surface area contributed by atoms with Gasteiger partial charge in [-0.05, 0) is 67.8 Å². The summed E-state index contributed by atoms with van der Waals surface area (Å²) < 4.78 is 44.7. The van der Waals surface area contributed by atoms with Crippen molar-refractivity contribution in [1.82, 2.24) is 19.8 Å². The van der Waals surface area contributed by atoms with Gasteiger partial charge in [-0.1, -0.05) is 0 Å². The van der Waals surface area contributed by atoms with E-state index in [9.17, 15) is 33.1 Å². The summed E-state index contributed by atoms with van der Waals surface area (Å²) in [5.74, 6) is -2.35. The summed E-state index contributed by atoms with van der Waals surface area (Å²) >= 11 is 0. The second-order valence-corrected chi connectivity index (χ2v) is 14.3. The molecule has 3 aromatic carbocycles. The molecule has 2 unspecified atom stereocenters. The van der Waals surface area contributed by atoms with Crippen molar-refractivity contribution in [2.75, 3.05) is 35.4 Å². The number of phenolic OH excluding ortho intramolecular Hbond substituents is 1. The predicted octanol–water partition coefficient (Wildman–Crippen LogP) is 3.01. The van der Waals surface area contributed by atoms with Gasteiger partial charge in [-0.15, -0.1) is 0 Å². The first-order valence-corrected chi connectivity index (χ1v) is 17.3. The van der Waals surface area contributed by atoms with E-state index >= 15 is 4.39 Å². The zero-order valence-corrected chi connectivity index (χ0v) is 26.9. The number of carbonyl (C=O) groups is 2. The largest absolute Gasteiger partial charge is 0.506 e. The van der Waals surface area contributed by atoms with Crippen LogP contribution in [0.4, 0.5) is 21.5 Å². The van der Waals surface area contributed by atoms with Crippen molar-refractivity contribution < 1.29 is 37.4 Å². The second kappa shape index (κ2) is 12.0. The summed E-state index contributed by atoms with van der Waals surface area (Å²) in [5, 5.41) is 29.4. The lowest BCUT2D eigenvalue weighted by atomic mass is 9.93. The number of fused-ring (bicyclic) bond motifs is 2. The van der Waals surface area contributed by atoms with Crippen LogP contribution in [0.25, 0.3) is 21.7 Å². The standard InChI is InChI=1S/C32H34FN7O7S/c1-18-24-16-21(3-5-25(24)40(35-18)26-6-7-28(42)34-32(26)44)37-11-8-19(9-12-37)10-13-38(45)22-2-4-23-20(14-22)15-27(41)31(30(23)33)39-17-29(43)36-48(39,46)47/h2-5,14-16,19,26,32,44H,6-13,17H2,1H3,(H2-,34,36,41,42,43)/p+1. The van der Waals surface area contributed by atoms with Gasteiger partial charge in [0.25, 0.3) is 11.6 Å². The van der Waals surface area contributed by atoms with Gasteiger partial charge < -0.3 is 20.4 Å². The van der Waals surface area contributed by atoms with Crippen molar-refractivity contribution >= 4 is 60.8 Å². The molecule has 0 saturated carbocycles. The van der Waals surface area contributed by atoms with Crippen LogP contribution in [0.2, 0.25) is 0 Å². The molecule has 4 aromatic rings. The van der Waals surface area contributed by atoms with Gasteiger partial charge in [0, 0.05) is 64.2 Å². The first-order valence-electron chi connectivity index (χ1n) is 15.8. The van der Waals surface area contributed by atoms with E-state index in [4.69, 9.17) is 5.10 Å². The van der Waals surface area contributed by atoms with Crippen LogP contribution in [-0.4, -0.2) is 77.4 Å². The molecule has 0 spiro atoms. The molecule has 0 aliphatic carbocycles. The molecule has 3 fully saturated rings. The number of aliphatic hydroxyl groups is 1. The number of phenols is 1. The Hall–Kier alpha value is -4.83. The molecule has 1 aromatic heterocycles. The number of aliphatic hydroxyl groups excluding tert-OH is 1. The van der Waals surface area contributed by atoms with Crippen LogP contribution in [0.15, 0.2) is 42.5 Å². The maximum atomic E-state index is 15.4. The first-order chi connectivity index (χ1) is 22.9. The smallest absolute Gasteiger partial charge is 0.326 e. The second-order valence-electron chi connectivity index (χ2n) is 12.7. The highest BCUT2D eigenvalue weighted by Gasteiger charge is 2.38. The molecule has 4 N–H and O–H groups in total. The van der Waals surface area contributed by atoms with E-state index in [2.05, 4.69) is 22.3 Å². The number of nitrogens with one attached hydrogen (secondary N) is 2. The number of halogens is 1. The molecule has 4 heterocycles. The Bertz CT molecular complexity index is 2100. The highest BCUT2D eigenvalue weighted by Crippen LogP contribution is 2.39. The quantitative estimate of drug-likeness (QED) is 0.214. The van der Waals surface area contributed by atoms with Gasteiger partial charge in [-0.2, -0.15) is 13.5 Å². The number of piperidine rings is 2. The van der Waals surface area contributed by atoms with E-state index < -0.39 is 46.1 Å². The molecule has 2 atom stereocenters. The summed E-state index contributed by atoms with van der Waals surface area (Å²) in [6, 6.07) is 11.3. The fraction of sp³-hybridized carbons (Fsp3) is 0.406. The van der Waals surface area contributed by atoms with Crippen LogP contribution < -0.4 is 19.2 Å². The zero-order valence-electron chi connectivity index (χ0n) is 26.1. The monoisotopic (exact) mass is 680 g/mol. The molecule has 0 radical (unpaired) electrons. The van der Waals surface area contributed by atoms with Crippen LogP contribution in [0.3, 0.4) is 0 Å². The maximum Gasteiger partial charge on any atom is 0.326 e. The van der Waals surface area contributed by atoms with Crippen molar-refractivity contribution in [3.63, 3.8) is 0 Å². The zero-order chi connectivity index (χ0) is 33.9. The molecule has 252 valence electrons. The number of carbonyl (C=O) groups excluding carboxylic acids is 2. The molecule has 2 amide bonds. The van der Waals surface area contributed by atoms with Gasteiger partial charge in [0.05, 0.1) is 17.3 Å². The van der Waals surface area contributed by atoms with E-state index in [1.807, 2.05) is 17.7 Å². The highest BCUT2D eigenvalue weighted by molar-refractivity contribution is 7.92. The molecular formula is C32H35FN7O7S+. The van der Waals surface area contributed by atoms with Gasteiger partial charge in [0.2, 0.25) is 5.91 Å². The fourth-order valence-electron chi connectivity index (χ4n) is 7.03. The molecule has 0 bridgehead atoms. The van der Waals surface area contributed by atoms with Crippen molar-refractivity contribution in [3.05, 3.63) is 58.9 Å². The third-order valence-electron chi connectivity index (χ3n) is 9.62. The third-order valence-corrected chi connectivity index (χ3v) is 11.0. The Labute approximate surface area is 274 Å². The number of nitroso groups, excluding NO2 is 1. The summed E-state index contributed by atoms with van der Waals surface area (Å²) in [6.07, 6.45) is 2.32. The van der Waals surface area contributed by atoms with Gasteiger partial charge in [-0.3, -0.25) is 14.3 Å². The van der Waals surface area contributed by atoms with E-state index in [0.717, 1.165) is 53.0 Å². The lowest BCUT2D eigenvalue weighted by Crippen LogP contribution is -2.45. The minimum absolute atomic E-state index is 0.00248. The third kappa shape index (κ3) is 5.68. The predicted molar refractivity (Wildman–Crippen MR) is 175 cm³/mol. The Morgan fingerprint density at radius 1 is 1.04 bits per heavy atom. The molecule has 14 nitrogen and oxygen atoms in total. The summed E-state index contributed by atoms with van der Waals surface area (Å²) in [5.41, 5.74) is 2.49. The van der Waals surface area contributed by atoms with Crippen LogP contribution >= 0.6 is 0 Å². The van der Waals surface area contributed by atoms with Crippen LogP contribution in [0, 0.1) is 23.6 Å². The Morgan fingerprint density at radius 3 is 2.52 bits per heavy atom. The van der Waals surface area contributed by atoms with Gasteiger partial charge in [0.1, 0.15) is 24.2 Å². The maximum absolute atomic E-state index is 15.4. The normalized spacial score (nSPS) is 21.6. The molecule has 3 aliphatic heterocycles. The number of nitrogens with zero attached hydrogens (tertiary/aromatic N) is 5. The summed E-state index contributed by atoms with van der Waals surface area (Å²) in [7, 11) is -4.33. The van der Waals surface area contributed by atoms with E-state index in [1.54, 1.807) is 4.72 Å². The number of hydrogen-bond acceptors (Lipinski definition) is 9.